The highest BCUT2D eigenvalue weighted by Gasteiger charge is 2.57. The maximum absolute atomic E-state index is 13.0. The number of ketones is 1. The molecule has 1 N–H and O–H groups in total. The second-order valence-corrected chi connectivity index (χ2v) is 8.94. The van der Waals surface area contributed by atoms with E-state index in [4.69, 9.17) is 9.47 Å². The minimum absolute atomic E-state index is 0.114. The number of Topliss-reactive ketones (excluding diaryl/α,β-unsaturated/α-hetero) is 1. The van der Waals surface area contributed by atoms with E-state index in [1.807, 2.05) is 33.8 Å². The standard InChI is InChI=1S/C23H32O6/c1-14(2)12-28-21(25)19-17(24)11-23(5,27)20(22(26)29-13-15(3)4)18(19)16-9-7-6-8-10-16/h6-10,14-15,18-20,27H,11-13H2,1-5H3/t18-,19+,20-,23-/m0/s1. The van der Waals surface area contributed by atoms with Gasteiger partial charge in [0, 0.05) is 12.3 Å². The summed E-state index contributed by atoms with van der Waals surface area (Å²) in [6.45, 7) is 9.47. The van der Waals surface area contributed by atoms with Gasteiger partial charge in [0.1, 0.15) is 5.92 Å². The number of carbonyl (C=O) groups is 3. The topological polar surface area (TPSA) is 89.9 Å². The molecule has 1 saturated carbocycles. The van der Waals surface area contributed by atoms with Gasteiger partial charge in [0.25, 0.3) is 0 Å². The fourth-order valence-electron chi connectivity index (χ4n) is 3.77. The molecule has 0 bridgehead atoms. The lowest BCUT2D eigenvalue weighted by Gasteiger charge is -2.43. The number of hydrogen-bond acceptors (Lipinski definition) is 6. The Morgan fingerprint density at radius 1 is 1.03 bits per heavy atom. The van der Waals surface area contributed by atoms with Crippen LogP contribution in [0.5, 0.6) is 0 Å². The Labute approximate surface area is 172 Å². The van der Waals surface area contributed by atoms with E-state index in [1.165, 1.54) is 6.92 Å². The first-order valence-electron chi connectivity index (χ1n) is 10.2. The lowest BCUT2D eigenvalue weighted by Crippen LogP contribution is -2.55. The zero-order valence-electron chi connectivity index (χ0n) is 17.9. The van der Waals surface area contributed by atoms with Crippen molar-refractivity contribution in [1.29, 1.82) is 0 Å². The molecule has 0 heterocycles. The molecule has 0 spiro atoms. The minimum Gasteiger partial charge on any atom is -0.465 e. The molecule has 0 aromatic heterocycles. The van der Waals surface area contributed by atoms with Crippen molar-refractivity contribution in [3.05, 3.63) is 35.9 Å². The zero-order chi connectivity index (χ0) is 21.8. The van der Waals surface area contributed by atoms with E-state index in [-0.39, 0.29) is 31.5 Å². The smallest absolute Gasteiger partial charge is 0.317 e. The second-order valence-electron chi connectivity index (χ2n) is 8.94. The summed E-state index contributed by atoms with van der Waals surface area (Å²) in [4.78, 5) is 38.8. The third-order valence-electron chi connectivity index (χ3n) is 5.08. The van der Waals surface area contributed by atoms with Gasteiger partial charge in [-0.3, -0.25) is 14.4 Å². The Morgan fingerprint density at radius 3 is 2.07 bits per heavy atom. The first-order valence-corrected chi connectivity index (χ1v) is 10.2. The highest BCUT2D eigenvalue weighted by atomic mass is 16.5. The molecule has 0 amide bonds. The van der Waals surface area contributed by atoms with Gasteiger partial charge in [0.2, 0.25) is 0 Å². The average molecular weight is 405 g/mol. The van der Waals surface area contributed by atoms with E-state index >= 15 is 0 Å². The number of rotatable bonds is 7. The van der Waals surface area contributed by atoms with Crippen molar-refractivity contribution in [2.24, 2.45) is 23.7 Å². The van der Waals surface area contributed by atoms with Crippen LogP contribution >= 0.6 is 0 Å². The van der Waals surface area contributed by atoms with Crippen molar-refractivity contribution in [3.63, 3.8) is 0 Å². The van der Waals surface area contributed by atoms with Gasteiger partial charge in [-0.05, 0) is 24.3 Å². The fourth-order valence-corrected chi connectivity index (χ4v) is 3.77. The molecule has 1 aliphatic rings. The van der Waals surface area contributed by atoms with Gasteiger partial charge in [0.15, 0.2) is 5.78 Å². The first-order chi connectivity index (χ1) is 13.5. The monoisotopic (exact) mass is 404 g/mol. The lowest BCUT2D eigenvalue weighted by atomic mass is 9.62. The van der Waals surface area contributed by atoms with Crippen molar-refractivity contribution in [2.45, 2.75) is 52.6 Å². The summed E-state index contributed by atoms with van der Waals surface area (Å²) in [5.41, 5.74) is -1.00. The molecule has 29 heavy (non-hydrogen) atoms. The first kappa shape index (κ1) is 23.1. The van der Waals surface area contributed by atoms with Crippen LogP contribution in [0.15, 0.2) is 30.3 Å². The normalized spacial score (nSPS) is 27.2. The van der Waals surface area contributed by atoms with Gasteiger partial charge in [-0.2, -0.15) is 0 Å². The van der Waals surface area contributed by atoms with Crippen molar-refractivity contribution >= 4 is 17.7 Å². The van der Waals surface area contributed by atoms with Crippen LogP contribution in [0.4, 0.5) is 0 Å². The third-order valence-corrected chi connectivity index (χ3v) is 5.08. The Hall–Kier alpha value is -2.21. The summed E-state index contributed by atoms with van der Waals surface area (Å²) in [7, 11) is 0. The van der Waals surface area contributed by atoms with Gasteiger partial charge in [-0.15, -0.1) is 0 Å². The van der Waals surface area contributed by atoms with Crippen molar-refractivity contribution in [3.8, 4) is 0 Å². The quantitative estimate of drug-likeness (QED) is 0.555. The number of hydrogen-bond donors (Lipinski definition) is 1. The predicted octanol–water partition coefficient (Wildman–Crippen LogP) is 3.12. The Morgan fingerprint density at radius 2 is 1.55 bits per heavy atom. The van der Waals surface area contributed by atoms with Crippen molar-refractivity contribution < 1.29 is 29.0 Å². The summed E-state index contributed by atoms with van der Waals surface area (Å²) in [5.74, 6) is -4.52. The third kappa shape index (κ3) is 5.66. The molecule has 1 aromatic rings. The molecule has 4 atom stereocenters. The molecule has 160 valence electrons. The van der Waals surface area contributed by atoms with Crippen LogP contribution in [0.1, 0.15) is 52.5 Å². The highest BCUT2D eigenvalue weighted by molar-refractivity contribution is 6.02. The van der Waals surface area contributed by atoms with Gasteiger partial charge >= 0.3 is 11.9 Å². The van der Waals surface area contributed by atoms with E-state index in [0.29, 0.717) is 5.56 Å². The average Bonchev–Trinajstić information content (AvgIpc) is 2.63. The van der Waals surface area contributed by atoms with Gasteiger partial charge in [-0.25, -0.2) is 0 Å². The van der Waals surface area contributed by atoms with Gasteiger partial charge in [0.05, 0.1) is 24.7 Å². The van der Waals surface area contributed by atoms with E-state index in [1.54, 1.807) is 24.3 Å². The summed E-state index contributed by atoms with van der Waals surface area (Å²) in [6.07, 6.45) is -0.306. The van der Waals surface area contributed by atoms with Crippen molar-refractivity contribution in [1.82, 2.24) is 0 Å². The van der Waals surface area contributed by atoms with E-state index in [9.17, 15) is 19.5 Å². The molecule has 0 unspecified atom stereocenters. The number of esters is 2. The van der Waals surface area contributed by atoms with E-state index < -0.39 is 41.1 Å². The van der Waals surface area contributed by atoms with Crippen LogP contribution in [0, 0.1) is 23.7 Å². The predicted molar refractivity (Wildman–Crippen MR) is 108 cm³/mol. The number of aliphatic hydroxyl groups is 1. The van der Waals surface area contributed by atoms with E-state index in [2.05, 4.69) is 0 Å². The molecule has 0 aliphatic heterocycles. The van der Waals surface area contributed by atoms with Crippen LogP contribution in [0.2, 0.25) is 0 Å². The molecule has 1 aliphatic carbocycles. The highest BCUT2D eigenvalue weighted by Crippen LogP contribution is 2.46. The van der Waals surface area contributed by atoms with Crippen LogP contribution in [-0.4, -0.2) is 41.6 Å². The summed E-state index contributed by atoms with van der Waals surface area (Å²) in [5, 5.41) is 11.0. The van der Waals surface area contributed by atoms with Crippen LogP contribution in [0.3, 0.4) is 0 Å². The number of benzene rings is 1. The minimum atomic E-state index is -1.62. The molecule has 2 rings (SSSR count). The van der Waals surface area contributed by atoms with Crippen LogP contribution in [-0.2, 0) is 23.9 Å². The van der Waals surface area contributed by atoms with Gasteiger partial charge in [-0.1, -0.05) is 58.0 Å². The number of carbonyl (C=O) groups excluding carboxylic acids is 3. The zero-order valence-corrected chi connectivity index (χ0v) is 17.9. The van der Waals surface area contributed by atoms with Crippen molar-refractivity contribution in [2.75, 3.05) is 13.2 Å². The van der Waals surface area contributed by atoms with Gasteiger partial charge < -0.3 is 14.6 Å². The molecule has 1 fully saturated rings. The fraction of sp³-hybridized carbons (Fsp3) is 0.609. The lowest BCUT2D eigenvalue weighted by molar-refractivity contribution is -0.173. The molecule has 6 heteroatoms. The Bertz CT molecular complexity index is 722. The summed E-state index contributed by atoms with van der Waals surface area (Å²) in [6, 6.07) is 8.87. The summed E-state index contributed by atoms with van der Waals surface area (Å²) < 4.78 is 10.8. The second kappa shape index (κ2) is 9.53. The maximum atomic E-state index is 13.0. The maximum Gasteiger partial charge on any atom is 0.317 e. The molecule has 6 nitrogen and oxygen atoms in total. The van der Waals surface area contributed by atoms with Crippen LogP contribution in [0.25, 0.3) is 0 Å². The Kier molecular flexibility index (Phi) is 7.58. The Balaban J connectivity index is 2.47. The summed E-state index contributed by atoms with van der Waals surface area (Å²) >= 11 is 0. The molecule has 1 aromatic carbocycles. The molecule has 0 radical (unpaired) electrons. The largest absolute Gasteiger partial charge is 0.465 e. The molecular weight excluding hydrogens is 372 g/mol. The van der Waals surface area contributed by atoms with Crippen LogP contribution < -0.4 is 0 Å². The SMILES string of the molecule is CC(C)COC(=O)[C@@H]1C(=O)C[C@](C)(O)[C@H](C(=O)OCC(C)C)[C@H]1c1ccccc1. The molecular formula is C23H32O6. The molecule has 0 saturated heterocycles. The van der Waals surface area contributed by atoms with E-state index in [0.717, 1.165) is 0 Å². The number of ether oxygens (including phenoxy) is 2.